The molecule has 0 unspecified atom stereocenters. The molecule has 0 amide bonds. The van der Waals surface area contributed by atoms with Crippen LogP contribution in [0.2, 0.25) is 0 Å². The van der Waals surface area contributed by atoms with Crippen molar-refractivity contribution in [3.8, 4) is 0 Å². The highest BCUT2D eigenvalue weighted by Gasteiger charge is 2.12. The van der Waals surface area contributed by atoms with Crippen LogP contribution >= 0.6 is 35.1 Å². The van der Waals surface area contributed by atoms with Crippen molar-refractivity contribution in [3.05, 3.63) is 41.7 Å². The van der Waals surface area contributed by atoms with Crippen LogP contribution in [0.4, 0.5) is 4.39 Å². The van der Waals surface area contributed by atoms with E-state index < -0.39 is 0 Å². The standard InChI is InChI=1S/C12H12ClFS2/c13-11(8-12-15-6-1-7-16-12)9-2-4-10(14)5-3-9/h2-5,8,12H,1,6-7H2. The van der Waals surface area contributed by atoms with Crippen molar-refractivity contribution in [2.45, 2.75) is 11.0 Å². The smallest absolute Gasteiger partial charge is 0.123 e. The monoisotopic (exact) mass is 274 g/mol. The van der Waals surface area contributed by atoms with Gasteiger partial charge < -0.3 is 0 Å². The first-order valence-corrected chi connectivity index (χ1v) is 7.60. The average Bonchev–Trinajstić information content (AvgIpc) is 2.31. The van der Waals surface area contributed by atoms with E-state index >= 15 is 0 Å². The number of halogens is 2. The van der Waals surface area contributed by atoms with Gasteiger partial charge in [-0.1, -0.05) is 23.7 Å². The second-order valence-electron chi connectivity index (χ2n) is 3.49. The first kappa shape index (κ1) is 12.3. The summed E-state index contributed by atoms with van der Waals surface area (Å²) in [7, 11) is 0. The van der Waals surface area contributed by atoms with Crippen molar-refractivity contribution in [1.29, 1.82) is 0 Å². The van der Waals surface area contributed by atoms with E-state index in [4.69, 9.17) is 11.6 Å². The van der Waals surface area contributed by atoms with Crippen LogP contribution in [0.1, 0.15) is 12.0 Å². The Kier molecular flexibility index (Phi) is 4.62. The predicted octanol–water partition coefficient (Wildman–Crippen LogP) is 4.60. The normalized spacial score (nSPS) is 18.8. The van der Waals surface area contributed by atoms with Crippen molar-refractivity contribution < 1.29 is 4.39 Å². The summed E-state index contributed by atoms with van der Waals surface area (Å²) in [5.41, 5.74) is 0.884. The molecule has 0 saturated carbocycles. The van der Waals surface area contributed by atoms with E-state index in [0.717, 1.165) is 5.56 Å². The van der Waals surface area contributed by atoms with Crippen molar-refractivity contribution in [3.63, 3.8) is 0 Å². The first-order valence-electron chi connectivity index (χ1n) is 5.12. The summed E-state index contributed by atoms with van der Waals surface area (Å²) >= 11 is 10.0. The lowest BCUT2D eigenvalue weighted by molar-refractivity contribution is 0.627. The molecular weight excluding hydrogens is 263 g/mol. The third-order valence-electron chi connectivity index (χ3n) is 2.26. The van der Waals surface area contributed by atoms with Crippen LogP contribution in [0.25, 0.3) is 5.03 Å². The summed E-state index contributed by atoms with van der Waals surface area (Å²) < 4.78 is 13.2. The van der Waals surface area contributed by atoms with Crippen LogP contribution in [0.3, 0.4) is 0 Å². The molecule has 1 saturated heterocycles. The van der Waals surface area contributed by atoms with Gasteiger partial charge in [-0.2, -0.15) is 0 Å². The zero-order valence-corrected chi connectivity index (χ0v) is 11.0. The minimum atomic E-state index is -0.227. The molecule has 1 fully saturated rings. The molecular formula is C12H12ClFS2. The fourth-order valence-electron chi connectivity index (χ4n) is 1.43. The SMILES string of the molecule is Fc1ccc(C(Cl)=CC2SCCCS2)cc1. The van der Waals surface area contributed by atoms with E-state index in [1.54, 1.807) is 12.1 Å². The highest BCUT2D eigenvalue weighted by Crippen LogP contribution is 2.34. The van der Waals surface area contributed by atoms with E-state index in [0.29, 0.717) is 9.61 Å². The summed E-state index contributed by atoms with van der Waals surface area (Å²) in [5, 5.41) is 0.715. The zero-order chi connectivity index (χ0) is 11.4. The van der Waals surface area contributed by atoms with Gasteiger partial charge in [0, 0.05) is 5.03 Å². The third kappa shape index (κ3) is 3.44. The van der Waals surface area contributed by atoms with Gasteiger partial charge in [0.15, 0.2) is 0 Å². The quantitative estimate of drug-likeness (QED) is 0.773. The highest BCUT2D eigenvalue weighted by atomic mass is 35.5. The molecule has 2 rings (SSSR count). The molecule has 1 aliphatic heterocycles. The molecule has 0 spiro atoms. The molecule has 1 aromatic carbocycles. The molecule has 4 heteroatoms. The van der Waals surface area contributed by atoms with Crippen LogP contribution in [0.5, 0.6) is 0 Å². The lowest BCUT2D eigenvalue weighted by atomic mass is 10.2. The molecule has 0 aromatic heterocycles. The Labute approximate surface area is 109 Å². The Balaban J connectivity index is 2.07. The first-order chi connectivity index (χ1) is 7.75. The number of thioether (sulfide) groups is 2. The second-order valence-corrected chi connectivity index (χ2v) is 6.69. The summed E-state index contributed by atoms with van der Waals surface area (Å²) in [6, 6.07) is 6.30. The Bertz CT molecular complexity index is 369. The number of hydrogen-bond donors (Lipinski definition) is 0. The van der Waals surface area contributed by atoms with Gasteiger partial charge in [-0.25, -0.2) is 4.39 Å². The minimum absolute atomic E-state index is 0.227. The van der Waals surface area contributed by atoms with Gasteiger partial charge in [-0.15, -0.1) is 23.5 Å². The van der Waals surface area contributed by atoms with Crippen LogP contribution in [0.15, 0.2) is 30.3 Å². The van der Waals surface area contributed by atoms with Crippen molar-refractivity contribution in [2.24, 2.45) is 0 Å². The van der Waals surface area contributed by atoms with E-state index in [9.17, 15) is 4.39 Å². The van der Waals surface area contributed by atoms with Gasteiger partial charge in [0.2, 0.25) is 0 Å². The molecule has 0 N–H and O–H groups in total. The van der Waals surface area contributed by atoms with Crippen molar-refractivity contribution in [2.75, 3.05) is 11.5 Å². The molecule has 0 bridgehead atoms. The van der Waals surface area contributed by atoms with Gasteiger partial charge >= 0.3 is 0 Å². The van der Waals surface area contributed by atoms with Crippen molar-refractivity contribution >= 4 is 40.2 Å². The lowest BCUT2D eigenvalue weighted by Gasteiger charge is -2.17. The van der Waals surface area contributed by atoms with Gasteiger partial charge in [0.25, 0.3) is 0 Å². The topological polar surface area (TPSA) is 0 Å². The Morgan fingerprint density at radius 2 is 1.88 bits per heavy atom. The third-order valence-corrected chi connectivity index (χ3v) is 5.39. The fraction of sp³-hybridized carbons (Fsp3) is 0.333. The Morgan fingerprint density at radius 1 is 1.25 bits per heavy atom. The number of hydrogen-bond acceptors (Lipinski definition) is 2. The maximum absolute atomic E-state index is 12.7. The maximum Gasteiger partial charge on any atom is 0.123 e. The summed E-state index contributed by atoms with van der Waals surface area (Å²) in [6.07, 6.45) is 3.33. The molecule has 86 valence electrons. The van der Waals surface area contributed by atoms with Crippen LogP contribution in [-0.2, 0) is 0 Å². The van der Waals surface area contributed by atoms with E-state index in [-0.39, 0.29) is 5.82 Å². The van der Waals surface area contributed by atoms with Crippen LogP contribution in [0, 0.1) is 5.82 Å². The van der Waals surface area contributed by atoms with Gasteiger partial charge in [0.05, 0.1) is 4.58 Å². The summed E-state index contributed by atoms with van der Waals surface area (Å²) in [4.78, 5) is 0. The summed E-state index contributed by atoms with van der Waals surface area (Å²) in [5.74, 6) is 2.17. The van der Waals surface area contributed by atoms with E-state index in [2.05, 4.69) is 6.08 Å². The number of benzene rings is 1. The van der Waals surface area contributed by atoms with Gasteiger partial charge in [-0.3, -0.25) is 0 Å². The molecule has 1 aromatic rings. The number of rotatable bonds is 2. The molecule has 0 aliphatic carbocycles. The molecule has 1 heterocycles. The Morgan fingerprint density at radius 3 is 2.50 bits per heavy atom. The fourth-order valence-corrected chi connectivity index (χ4v) is 4.52. The minimum Gasteiger partial charge on any atom is -0.207 e. The zero-order valence-electron chi connectivity index (χ0n) is 8.66. The molecule has 0 atom stereocenters. The van der Waals surface area contributed by atoms with Gasteiger partial charge in [-0.05, 0) is 41.7 Å². The molecule has 0 nitrogen and oxygen atoms in total. The van der Waals surface area contributed by atoms with E-state index in [1.165, 1.54) is 30.1 Å². The van der Waals surface area contributed by atoms with Crippen LogP contribution in [-0.4, -0.2) is 16.1 Å². The van der Waals surface area contributed by atoms with E-state index in [1.807, 2.05) is 23.5 Å². The van der Waals surface area contributed by atoms with Crippen molar-refractivity contribution in [1.82, 2.24) is 0 Å². The highest BCUT2D eigenvalue weighted by molar-refractivity contribution is 8.17. The van der Waals surface area contributed by atoms with Gasteiger partial charge in [0.1, 0.15) is 5.82 Å². The average molecular weight is 275 g/mol. The maximum atomic E-state index is 12.7. The molecule has 0 radical (unpaired) electrons. The lowest BCUT2D eigenvalue weighted by Crippen LogP contribution is -2.03. The largest absolute Gasteiger partial charge is 0.207 e. The summed E-state index contributed by atoms with van der Waals surface area (Å²) in [6.45, 7) is 0. The second kappa shape index (κ2) is 5.99. The molecule has 1 aliphatic rings. The Hall–Kier alpha value is -0.120. The molecule has 16 heavy (non-hydrogen) atoms. The van der Waals surface area contributed by atoms with Crippen LogP contribution < -0.4 is 0 Å². The predicted molar refractivity (Wildman–Crippen MR) is 73.6 cm³/mol.